The van der Waals surface area contributed by atoms with Gasteiger partial charge >= 0.3 is 0 Å². The molecule has 0 aliphatic carbocycles. The zero-order valence-electron chi connectivity index (χ0n) is 22.5. The Labute approximate surface area is 235 Å². The van der Waals surface area contributed by atoms with Crippen LogP contribution in [0.25, 0.3) is 55.2 Å². The first-order valence-electron chi connectivity index (χ1n) is 13.9. The molecular formula is C38H30N2. The molecule has 2 nitrogen and oxygen atoms in total. The lowest BCUT2D eigenvalue weighted by Crippen LogP contribution is -1.97. The molecule has 0 saturated carbocycles. The molecule has 0 atom stereocenters. The second-order valence-electron chi connectivity index (χ2n) is 10.2. The number of rotatable bonds is 6. The number of para-hydroxylation sites is 1. The Morgan fingerprint density at radius 2 is 1.23 bits per heavy atom. The van der Waals surface area contributed by atoms with Crippen molar-refractivity contribution in [3.05, 3.63) is 145 Å². The van der Waals surface area contributed by atoms with Crippen molar-refractivity contribution in [1.29, 1.82) is 0 Å². The minimum absolute atomic E-state index is 0.972. The smallest absolute Gasteiger partial charge is 0.0565 e. The van der Waals surface area contributed by atoms with Crippen LogP contribution in [0.4, 0.5) is 11.4 Å². The summed E-state index contributed by atoms with van der Waals surface area (Å²) in [4.78, 5) is 3.74. The molecule has 0 radical (unpaired) electrons. The van der Waals surface area contributed by atoms with Crippen LogP contribution in [0.1, 0.15) is 12.5 Å². The number of aromatic amines is 1. The molecule has 0 aliphatic heterocycles. The van der Waals surface area contributed by atoms with Crippen LogP contribution in [0.2, 0.25) is 0 Å². The van der Waals surface area contributed by atoms with Gasteiger partial charge in [0, 0.05) is 33.2 Å². The predicted molar refractivity (Wildman–Crippen MR) is 171 cm³/mol. The fourth-order valence-corrected chi connectivity index (χ4v) is 5.82. The number of hydrogen-bond acceptors (Lipinski definition) is 1. The average Bonchev–Trinajstić information content (AvgIpc) is 3.40. The Morgan fingerprint density at radius 1 is 0.550 bits per heavy atom. The molecule has 7 aromatic rings. The molecule has 192 valence electrons. The summed E-state index contributed by atoms with van der Waals surface area (Å²) in [6.07, 6.45) is 0.972. The standard InChI is InChI=1S/C38H30N2/c1-2-26-12-6-7-19-32(26)37-36(23-22-34-33-20-8-9-21-35(33)40-38(34)37)39-31-18-11-17-30(25-31)29-16-10-15-28(24-29)27-13-4-3-5-14-27/h3-25,39-40H,2H2,1H3. The van der Waals surface area contributed by atoms with Gasteiger partial charge in [-0.2, -0.15) is 0 Å². The summed E-state index contributed by atoms with van der Waals surface area (Å²) in [6, 6.07) is 49.8. The highest BCUT2D eigenvalue weighted by atomic mass is 14.9. The maximum absolute atomic E-state index is 3.80. The van der Waals surface area contributed by atoms with Gasteiger partial charge in [-0.05, 0) is 70.1 Å². The van der Waals surface area contributed by atoms with Crippen molar-refractivity contribution in [3.8, 4) is 33.4 Å². The van der Waals surface area contributed by atoms with E-state index in [-0.39, 0.29) is 0 Å². The maximum atomic E-state index is 3.80. The second-order valence-corrected chi connectivity index (χ2v) is 10.2. The molecule has 7 rings (SSSR count). The van der Waals surface area contributed by atoms with Gasteiger partial charge in [-0.25, -0.2) is 0 Å². The van der Waals surface area contributed by atoms with Gasteiger partial charge in [-0.3, -0.25) is 0 Å². The van der Waals surface area contributed by atoms with Gasteiger partial charge in [0.15, 0.2) is 0 Å². The van der Waals surface area contributed by atoms with Gasteiger partial charge < -0.3 is 10.3 Å². The minimum Gasteiger partial charge on any atom is -0.355 e. The van der Waals surface area contributed by atoms with Gasteiger partial charge in [0.25, 0.3) is 0 Å². The summed E-state index contributed by atoms with van der Waals surface area (Å²) in [5.74, 6) is 0. The molecule has 0 unspecified atom stereocenters. The summed E-state index contributed by atoms with van der Waals surface area (Å²) in [5, 5.41) is 6.29. The number of aromatic nitrogens is 1. The highest BCUT2D eigenvalue weighted by Gasteiger charge is 2.17. The fourth-order valence-electron chi connectivity index (χ4n) is 5.82. The number of H-pyrrole nitrogens is 1. The lowest BCUT2D eigenvalue weighted by molar-refractivity contribution is 1.14. The summed E-state index contributed by atoms with van der Waals surface area (Å²) < 4.78 is 0. The SMILES string of the molecule is CCc1ccccc1-c1c(Nc2cccc(-c3cccc(-c4ccccc4)c3)c2)ccc2c1[nH]c1ccccc12. The average molecular weight is 515 g/mol. The van der Waals surface area contributed by atoms with Crippen LogP contribution in [0, 0.1) is 0 Å². The minimum atomic E-state index is 0.972. The van der Waals surface area contributed by atoms with Crippen molar-refractivity contribution in [1.82, 2.24) is 4.98 Å². The van der Waals surface area contributed by atoms with Crippen molar-refractivity contribution < 1.29 is 0 Å². The third kappa shape index (κ3) is 4.34. The van der Waals surface area contributed by atoms with Crippen molar-refractivity contribution in [3.63, 3.8) is 0 Å². The molecule has 1 heterocycles. The van der Waals surface area contributed by atoms with Crippen molar-refractivity contribution in [2.45, 2.75) is 13.3 Å². The van der Waals surface area contributed by atoms with Crippen LogP contribution in [0.5, 0.6) is 0 Å². The maximum Gasteiger partial charge on any atom is 0.0565 e. The Balaban J connectivity index is 1.34. The quantitative estimate of drug-likeness (QED) is 0.227. The zero-order valence-corrected chi connectivity index (χ0v) is 22.5. The van der Waals surface area contributed by atoms with Crippen molar-refractivity contribution >= 4 is 33.2 Å². The second kappa shape index (κ2) is 10.2. The van der Waals surface area contributed by atoms with E-state index in [4.69, 9.17) is 0 Å². The van der Waals surface area contributed by atoms with E-state index >= 15 is 0 Å². The highest BCUT2D eigenvalue weighted by molar-refractivity contribution is 6.14. The van der Waals surface area contributed by atoms with Crippen LogP contribution in [-0.4, -0.2) is 4.98 Å². The van der Waals surface area contributed by atoms with Crippen molar-refractivity contribution in [2.24, 2.45) is 0 Å². The Morgan fingerprint density at radius 3 is 2.08 bits per heavy atom. The van der Waals surface area contributed by atoms with Gasteiger partial charge in [0.1, 0.15) is 0 Å². The largest absolute Gasteiger partial charge is 0.355 e. The van der Waals surface area contributed by atoms with E-state index in [9.17, 15) is 0 Å². The van der Waals surface area contributed by atoms with Gasteiger partial charge in [0.05, 0.1) is 5.52 Å². The summed E-state index contributed by atoms with van der Waals surface area (Å²) in [7, 11) is 0. The molecular weight excluding hydrogens is 484 g/mol. The molecule has 2 heteroatoms. The topological polar surface area (TPSA) is 27.8 Å². The molecule has 0 spiro atoms. The monoisotopic (exact) mass is 514 g/mol. The third-order valence-electron chi connectivity index (χ3n) is 7.79. The molecule has 40 heavy (non-hydrogen) atoms. The van der Waals surface area contributed by atoms with E-state index in [1.165, 1.54) is 55.2 Å². The molecule has 0 aliphatic rings. The Hall–Kier alpha value is -5.08. The third-order valence-corrected chi connectivity index (χ3v) is 7.79. The Bertz CT molecular complexity index is 1960. The number of aryl methyl sites for hydroxylation is 1. The van der Waals surface area contributed by atoms with E-state index in [0.29, 0.717) is 0 Å². The van der Waals surface area contributed by atoms with E-state index in [1.807, 2.05) is 0 Å². The van der Waals surface area contributed by atoms with Gasteiger partial charge in [0.2, 0.25) is 0 Å². The molecule has 0 bridgehead atoms. The molecule has 6 aromatic carbocycles. The summed E-state index contributed by atoms with van der Waals surface area (Å²) in [5.41, 5.74) is 13.1. The zero-order chi connectivity index (χ0) is 26.9. The lowest BCUT2D eigenvalue weighted by atomic mass is 9.94. The van der Waals surface area contributed by atoms with Gasteiger partial charge in [-0.1, -0.05) is 116 Å². The predicted octanol–water partition coefficient (Wildman–Crippen LogP) is 10.6. The number of anilines is 2. The molecule has 0 fully saturated rings. The first-order valence-corrected chi connectivity index (χ1v) is 13.9. The van der Waals surface area contributed by atoms with Crippen LogP contribution < -0.4 is 5.32 Å². The van der Waals surface area contributed by atoms with E-state index < -0.39 is 0 Å². The van der Waals surface area contributed by atoms with E-state index in [1.54, 1.807) is 0 Å². The fraction of sp³-hybridized carbons (Fsp3) is 0.0526. The normalized spacial score (nSPS) is 11.2. The van der Waals surface area contributed by atoms with E-state index in [2.05, 4.69) is 157 Å². The Kier molecular flexibility index (Phi) is 6.14. The molecule has 0 saturated heterocycles. The number of benzene rings is 6. The first kappa shape index (κ1) is 24.0. The van der Waals surface area contributed by atoms with E-state index in [0.717, 1.165) is 23.3 Å². The lowest BCUT2D eigenvalue weighted by Gasteiger charge is -2.17. The number of nitrogens with one attached hydrogen (secondary N) is 2. The highest BCUT2D eigenvalue weighted by Crippen LogP contribution is 2.41. The van der Waals surface area contributed by atoms with Crippen LogP contribution in [-0.2, 0) is 6.42 Å². The van der Waals surface area contributed by atoms with Crippen LogP contribution in [0.3, 0.4) is 0 Å². The van der Waals surface area contributed by atoms with Crippen LogP contribution >= 0.6 is 0 Å². The number of fused-ring (bicyclic) bond motifs is 3. The molecule has 0 amide bonds. The van der Waals surface area contributed by atoms with Crippen molar-refractivity contribution in [2.75, 3.05) is 5.32 Å². The molecule has 1 aromatic heterocycles. The first-order chi connectivity index (χ1) is 19.8. The summed E-state index contributed by atoms with van der Waals surface area (Å²) >= 11 is 0. The molecule has 2 N–H and O–H groups in total. The van der Waals surface area contributed by atoms with Gasteiger partial charge in [-0.15, -0.1) is 0 Å². The number of hydrogen-bond donors (Lipinski definition) is 2. The summed E-state index contributed by atoms with van der Waals surface area (Å²) in [6.45, 7) is 2.23. The van der Waals surface area contributed by atoms with Crippen LogP contribution in [0.15, 0.2) is 140 Å².